The van der Waals surface area contributed by atoms with Crippen LogP contribution in [0.2, 0.25) is 0 Å². The Hall–Kier alpha value is -2.17. The predicted octanol–water partition coefficient (Wildman–Crippen LogP) is 1.29. The van der Waals surface area contributed by atoms with Crippen LogP contribution in [0.5, 0.6) is 0 Å². The third-order valence-corrected chi connectivity index (χ3v) is 4.48. The summed E-state index contributed by atoms with van der Waals surface area (Å²) in [4.78, 5) is 40.1. The molecule has 0 N–H and O–H groups in total. The van der Waals surface area contributed by atoms with Gasteiger partial charge in [0.25, 0.3) is 0 Å². The first-order valence-electron chi connectivity index (χ1n) is 7.67. The van der Waals surface area contributed by atoms with E-state index in [0.717, 1.165) is 5.56 Å². The highest BCUT2D eigenvalue weighted by molar-refractivity contribution is 6.06. The Balaban J connectivity index is 1.73. The Kier molecular flexibility index (Phi) is 3.72. The topological polar surface area (TPSA) is 57.7 Å². The summed E-state index contributed by atoms with van der Waals surface area (Å²) >= 11 is 0. The molecule has 0 aromatic heterocycles. The van der Waals surface area contributed by atoms with Crippen LogP contribution in [0.15, 0.2) is 30.3 Å². The van der Waals surface area contributed by atoms with Crippen molar-refractivity contribution >= 4 is 17.7 Å². The molecule has 2 aliphatic heterocycles. The van der Waals surface area contributed by atoms with Crippen molar-refractivity contribution in [3.63, 3.8) is 0 Å². The molecule has 0 unspecified atom stereocenters. The van der Waals surface area contributed by atoms with E-state index in [4.69, 9.17) is 0 Å². The molecule has 2 saturated heterocycles. The summed E-state index contributed by atoms with van der Waals surface area (Å²) in [6.07, 6.45) is 0. The van der Waals surface area contributed by atoms with Crippen molar-refractivity contribution < 1.29 is 14.4 Å². The van der Waals surface area contributed by atoms with Crippen LogP contribution in [0.3, 0.4) is 0 Å². The average molecular weight is 300 g/mol. The Morgan fingerprint density at radius 1 is 1.09 bits per heavy atom. The van der Waals surface area contributed by atoms with Gasteiger partial charge in [-0.3, -0.25) is 19.3 Å². The number of hydrogen-bond donors (Lipinski definition) is 0. The van der Waals surface area contributed by atoms with Gasteiger partial charge in [0, 0.05) is 19.0 Å². The SMILES string of the molecule is CC(C)C(=O)N1C[C@@H]2C(=O)N(Cc3ccccc3)C(=O)[C@@H]2C1. The lowest BCUT2D eigenvalue weighted by Gasteiger charge is -2.22. The van der Waals surface area contributed by atoms with Gasteiger partial charge >= 0.3 is 0 Å². The summed E-state index contributed by atoms with van der Waals surface area (Å²) in [5, 5.41) is 0. The molecule has 116 valence electrons. The van der Waals surface area contributed by atoms with Crippen molar-refractivity contribution in [1.82, 2.24) is 9.80 Å². The largest absolute Gasteiger partial charge is 0.341 e. The zero-order chi connectivity index (χ0) is 15.9. The zero-order valence-electron chi connectivity index (χ0n) is 12.9. The van der Waals surface area contributed by atoms with E-state index in [1.165, 1.54) is 4.90 Å². The first kappa shape index (κ1) is 14.8. The number of benzene rings is 1. The third-order valence-electron chi connectivity index (χ3n) is 4.48. The normalized spacial score (nSPS) is 24.3. The summed E-state index contributed by atoms with van der Waals surface area (Å²) in [6, 6.07) is 9.50. The molecule has 1 aromatic carbocycles. The molecule has 3 rings (SSSR count). The number of hydrogen-bond acceptors (Lipinski definition) is 3. The molecule has 1 aromatic rings. The molecule has 0 aliphatic carbocycles. The van der Waals surface area contributed by atoms with Gasteiger partial charge < -0.3 is 4.90 Å². The van der Waals surface area contributed by atoms with Gasteiger partial charge in [-0.15, -0.1) is 0 Å². The van der Waals surface area contributed by atoms with Crippen molar-refractivity contribution in [3.05, 3.63) is 35.9 Å². The lowest BCUT2D eigenvalue weighted by molar-refractivity contribution is -0.142. The molecule has 5 heteroatoms. The maximum absolute atomic E-state index is 12.5. The second-order valence-corrected chi connectivity index (χ2v) is 6.36. The maximum atomic E-state index is 12.5. The number of carbonyl (C=O) groups excluding carboxylic acids is 3. The van der Waals surface area contributed by atoms with Crippen LogP contribution in [-0.4, -0.2) is 40.6 Å². The fourth-order valence-corrected chi connectivity index (χ4v) is 3.28. The predicted molar refractivity (Wildman–Crippen MR) is 80.4 cm³/mol. The van der Waals surface area contributed by atoms with Crippen LogP contribution < -0.4 is 0 Å². The number of likely N-dealkylation sites (tertiary alicyclic amines) is 2. The standard InChI is InChI=1S/C17H20N2O3/c1-11(2)15(20)18-9-13-14(10-18)17(22)19(16(13)21)8-12-6-4-3-5-7-12/h3-7,11,13-14H,8-10H2,1-2H3/t13-,14+. The number of imide groups is 1. The van der Waals surface area contributed by atoms with Crippen LogP contribution in [0.4, 0.5) is 0 Å². The van der Waals surface area contributed by atoms with E-state index in [-0.39, 0.29) is 35.5 Å². The monoisotopic (exact) mass is 300 g/mol. The second-order valence-electron chi connectivity index (χ2n) is 6.36. The van der Waals surface area contributed by atoms with E-state index in [1.807, 2.05) is 44.2 Å². The molecule has 0 radical (unpaired) electrons. The van der Waals surface area contributed by atoms with E-state index in [9.17, 15) is 14.4 Å². The minimum atomic E-state index is -0.362. The molecule has 22 heavy (non-hydrogen) atoms. The van der Waals surface area contributed by atoms with Crippen molar-refractivity contribution in [2.24, 2.45) is 17.8 Å². The molecule has 0 saturated carbocycles. The number of rotatable bonds is 3. The molecule has 2 atom stereocenters. The molecule has 2 fully saturated rings. The van der Waals surface area contributed by atoms with Gasteiger partial charge in [-0.05, 0) is 5.56 Å². The minimum absolute atomic E-state index is 0.0182. The highest BCUT2D eigenvalue weighted by Crippen LogP contribution is 2.34. The Morgan fingerprint density at radius 3 is 2.14 bits per heavy atom. The average Bonchev–Trinajstić information content (AvgIpc) is 3.03. The Morgan fingerprint density at radius 2 is 1.64 bits per heavy atom. The summed E-state index contributed by atoms with van der Waals surface area (Å²) in [7, 11) is 0. The molecule has 5 nitrogen and oxygen atoms in total. The lowest BCUT2D eigenvalue weighted by atomic mass is 10.00. The zero-order valence-corrected chi connectivity index (χ0v) is 12.9. The summed E-state index contributed by atoms with van der Waals surface area (Å²) in [5.41, 5.74) is 0.944. The molecular weight excluding hydrogens is 280 g/mol. The van der Waals surface area contributed by atoms with E-state index in [2.05, 4.69) is 0 Å². The molecule has 2 aliphatic rings. The van der Waals surface area contributed by atoms with Gasteiger partial charge in [0.05, 0.1) is 18.4 Å². The van der Waals surface area contributed by atoms with Crippen LogP contribution in [0, 0.1) is 17.8 Å². The number of fused-ring (bicyclic) bond motifs is 1. The number of carbonyl (C=O) groups is 3. The molecule has 0 spiro atoms. The summed E-state index contributed by atoms with van der Waals surface area (Å²) in [5.74, 6) is -1.09. The number of amides is 3. The van der Waals surface area contributed by atoms with Gasteiger partial charge in [0.2, 0.25) is 17.7 Å². The van der Waals surface area contributed by atoms with Crippen LogP contribution in [0.25, 0.3) is 0 Å². The van der Waals surface area contributed by atoms with E-state index in [0.29, 0.717) is 19.6 Å². The van der Waals surface area contributed by atoms with Crippen LogP contribution >= 0.6 is 0 Å². The van der Waals surface area contributed by atoms with Crippen LogP contribution in [0.1, 0.15) is 19.4 Å². The molecule has 2 heterocycles. The Labute approximate surface area is 129 Å². The minimum Gasteiger partial charge on any atom is -0.341 e. The first-order chi connectivity index (χ1) is 10.5. The Bertz CT molecular complexity index is 588. The van der Waals surface area contributed by atoms with Gasteiger partial charge in [0.1, 0.15) is 0 Å². The van der Waals surface area contributed by atoms with Gasteiger partial charge in [0.15, 0.2) is 0 Å². The number of nitrogens with zero attached hydrogens (tertiary/aromatic N) is 2. The fourth-order valence-electron chi connectivity index (χ4n) is 3.28. The van der Waals surface area contributed by atoms with Gasteiger partial charge in [-0.25, -0.2) is 0 Å². The van der Waals surface area contributed by atoms with Crippen molar-refractivity contribution in [3.8, 4) is 0 Å². The highest BCUT2D eigenvalue weighted by Gasteiger charge is 2.53. The lowest BCUT2D eigenvalue weighted by Crippen LogP contribution is -2.39. The van der Waals surface area contributed by atoms with Gasteiger partial charge in [-0.1, -0.05) is 44.2 Å². The van der Waals surface area contributed by atoms with Crippen molar-refractivity contribution in [2.45, 2.75) is 20.4 Å². The summed E-state index contributed by atoms with van der Waals surface area (Å²) < 4.78 is 0. The van der Waals surface area contributed by atoms with Crippen molar-refractivity contribution in [2.75, 3.05) is 13.1 Å². The highest BCUT2D eigenvalue weighted by atomic mass is 16.2. The molecule has 3 amide bonds. The summed E-state index contributed by atoms with van der Waals surface area (Å²) in [6.45, 7) is 4.74. The second kappa shape index (κ2) is 5.55. The van der Waals surface area contributed by atoms with Crippen molar-refractivity contribution in [1.29, 1.82) is 0 Å². The molecular formula is C17H20N2O3. The third kappa shape index (κ3) is 2.40. The molecule has 0 bridgehead atoms. The quantitative estimate of drug-likeness (QED) is 0.790. The first-order valence-corrected chi connectivity index (χ1v) is 7.67. The van der Waals surface area contributed by atoms with E-state index < -0.39 is 0 Å². The smallest absolute Gasteiger partial charge is 0.235 e. The van der Waals surface area contributed by atoms with Crippen LogP contribution in [-0.2, 0) is 20.9 Å². The van der Waals surface area contributed by atoms with E-state index in [1.54, 1.807) is 4.90 Å². The van der Waals surface area contributed by atoms with E-state index >= 15 is 0 Å². The fraction of sp³-hybridized carbons (Fsp3) is 0.471. The van der Waals surface area contributed by atoms with Gasteiger partial charge in [-0.2, -0.15) is 0 Å². The maximum Gasteiger partial charge on any atom is 0.235 e.